The first kappa shape index (κ1) is 10.4. The van der Waals surface area contributed by atoms with Crippen LogP contribution in [0, 0.1) is 11.8 Å². The molecule has 0 aromatic carbocycles. The van der Waals surface area contributed by atoms with Crippen LogP contribution < -0.4 is 0 Å². The van der Waals surface area contributed by atoms with Crippen molar-refractivity contribution in [3.8, 4) is 0 Å². The van der Waals surface area contributed by atoms with Crippen molar-refractivity contribution in [3.63, 3.8) is 0 Å². The number of Topliss-reactive ketones (excluding diaryl/α,β-unsaturated/α-hetero) is 1. The number of hydrogen-bond donors (Lipinski definition) is 0. The lowest BCUT2D eigenvalue weighted by Crippen LogP contribution is -2.14. The minimum atomic E-state index is 0.157. The summed E-state index contributed by atoms with van der Waals surface area (Å²) < 4.78 is 0. The zero-order valence-corrected chi connectivity index (χ0v) is 8.14. The first-order chi connectivity index (χ1) is 4.95. The number of allylic oxidation sites excluding steroid dienone is 2. The lowest BCUT2D eigenvalue weighted by molar-refractivity contribution is -0.121. The van der Waals surface area contributed by atoms with E-state index in [1.807, 2.05) is 6.92 Å². The molecule has 1 nitrogen and oxygen atoms in total. The Morgan fingerprint density at radius 3 is 1.91 bits per heavy atom. The molecule has 1 heteroatoms. The lowest BCUT2D eigenvalue weighted by atomic mass is 9.91. The van der Waals surface area contributed by atoms with Gasteiger partial charge in [-0.1, -0.05) is 25.5 Å². The molecule has 2 unspecified atom stereocenters. The van der Waals surface area contributed by atoms with Crippen LogP contribution in [0.15, 0.2) is 11.6 Å². The maximum atomic E-state index is 10.9. The van der Waals surface area contributed by atoms with E-state index in [4.69, 9.17) is 0 Å². The maximum Gasteiger partial charge on any atom is 0.133 e. The van der Waals surface area contributed by atoms with Crippen LogP contribution in [0.4, 0.5) is 0 Å². The molecule has 2 atom stereocenters. The fourth-order valence-corrected chi connectivity index (χ4v) is 1.04. The molecule has 0 heterocycles. The number of carbonyl (C=O) groups is 1. The van der Waals surface area contributed by atoms with Crippen LogP contribution in [0.5, 0.6) is 0 Å². The van der Waals surface area contributed by atoms with Crippen LogP contribution in [-0.2, 0) is 4.79 Å². The van der Waals surface area contributed by atoms with E-state index < -0.39 is 0 Å². The summed E-state index contributed by atoms with van der Waals surface area (Å²) in [7, 11) is 0. The van der Waals surface area contributed by atoms with E-state index in [0.717, 1.165) is 0 Å². The van der Waals surface area contributed by atoms with Crippen molar-refractivity contribution in [2.75, 3.05) is 0 Å². The van der Waals surface area contributed by atoms with E-state index >= 15 is 0 Å². The molecule has 0 spiro atoms. The molecule has 0 fully saturated rings. The second kappa shape index (κ2) is 4.32. The smallest absolute Gasteiger partial charge is 0.133 e. The molecule has 0 aliphatic heterocycles. The monoisotopic (exact) mass is 154 g/mol. The molecule has 64 valence electrons. The van der Waals surface area contributed by atoms with Crippen molar-refractivity contribution >= 4 is 5.78 Å². The fraction of sp³-hybridized carbons (Fsp3) is 0.700. The zero-order chi connectivity index (χ0) is 9.02. The highest BCUT2D eigenvalue weighted by molar-refractivity contribution is 5.78. The van der Waals surface area contributed by atoms with Crippen LogP contribution in [0.3, 0.4) is 0 Å². The predicted molar refractivity (Wildman–Crippen MR) is 48.4 cm³/mol. The van der Waals surface area contributed by atoms with Gasteiger partial charge in [-0.3, -0.25) is 4.79 Å². The van der Waals surface area contributed by atoms with E-state index in [1.54, 1.807) is 6.92 Å². The Bertz CT molecular complexity index is 164. The Labute approximate surface area is 69.5 Å². The van der Waals surface area contributed by atoms with Gasteiger partial charge in [0.2, 0.25) is 0 Å². The minimum absolute atomic E-state index is 0.157. The van der Waals surface area contributed by atoms with Crippen LogP contribution in [0.2, 0.25) is 0 Å². The molecule has 0 bridgehead atoms. The van der Waals surface area contributed by atoms with Crippen molar-refractivity contribution in [3.05, 3.63) is 11.6 Å². The normalized spacial score (nSPS) is 15.4. The molecule has 0 aromatic heterocycles. The van der Waals surface area contributed by atoms with E-state index in [1.165, 1.54) is 5.57 Å². The first-order valence-electron chi connectivity index (χ1n) is 4.10. The van der Waals surface area contributed by atoms with Gasteiger partial charge in [0, 0.05) is 5.92 Å². The molecule has 0 aliphatic rings. The Hall–Kier alpha value is -0.590. The summed E-state index contributed by atoms with van der Waals surface area (Å²) in [5, 5.41) is 0. The molecule has 0 amide bonds. The van der Waals surface area contributed by atoms with Crippen LogP contribution in [0.25, 0.3) is 0 Å². The number of carbonyl (C=O) groups excluding carboxylic acids is 1. The van der Waals surface area contributed by atoms with Gasteiger partial charge in [0.05, 0.1) is 0 Å². The number of hydrogen-bond acceptors (Lipinski definition) is 1. The first-order valence-corrected chi connectivity index (χ1v) is 4.10. The van der Waals surface area contributed by atoms with Crippen molar-refractivity contribution in [2.24, 2.45) is 11.8 Å². The molecule has 0 N–H and O–H groups in total. The topological polar surface area (TPSA) is 17.1 Å². The van der Waals surface area contributed by atoms with Gasteiger partial charge < -0.3 is 0 Å². The van der Waals surface area contributed by atoms with E-state index in [0.29, 0.717) is 5.92 Å². The van der Waals surface area contributed by atoms with Gasteiger partial charge >= 0.3 is 0 Å². The van der Waals surface area contributed by atoms with Crippen molar-refractivity contribution in [1.82, 2.24) is 0 Å². The Balaban J connectivity index is 4.14. The lowest BCUT2D eigenvalue weighted by Gasteiger charge is -2.13. The fourth-order valence-electron chi connectivity index (χ4n) is 1.04. The van der Waals surface area contributed by atoms with Gasteiger partial charge in [-0.25, -0.2) is 0 Å². The third-order valence-corrected chi connectivity index (χ3v) is 2.03. The largest absolute Gasteiger partial charge is 0.300 e. The van der Waals surface area contributed by atoms with Crippen molar-refractivity contribution < 1.29 is 4.79 Å². The van der Waals surface area contributed by atoms with E-state index in [-0.39, 0.29) is 11.7 Å². The third kappa shape index (κ3) is 3.97. The molecule has 0 rings (SSSR count). The molecular weight excluding hydrogens is 136 g/mol. The van der Waals surface area contributed by atoms with Gasteiger partial charge in [-0.2, -0.15) is 0 Å². The van der Waals surface area contributed by atoms with Crippen molar-refractivity contribution in [2.45, 2.75) is 34.6 Å². The van der Waals surface area contributed by atoms with Gasteiger partial charge in [-0.05, 0) is 26.7 Å². The van der Waals surface area contributed by atoms with Crippen LogP contribution >= 0.6 is 0 Å². The Morgan fingerprint density at radius 1 is 1.18 bits per heavy atom. The summed E-state index contributed by atoms with van der Waals surface area (Å²) in [6, 6.07) is 0. The van der Waals surface area contributed by atoms with E-state index in [2.05, 4.69) is 26.8 Å². The predicted octanol–water partition coefficient (Wildman–Crippen LogP) is 2.81. The minimum Gasteiger partial charge on any atom is -0.300 e. The summed E-state index contributed by atoms with van der Waals surface area (Å²) in [4.78, 5) is 10.9. The summed E-state index contributed by atoms with van der Waals surface area (Å²) in [5.74, 6) is 0.803. The Morgan fingerprint density at radius 2 is 1.64 bits per heavy atom. The average Bonchev–Trinajstić information content (AvgIpc) is 1.84. The highest BCUT2D eigenvalue weighted by atomic mass is 16.1. The van der Waals surface area contributed by atoms with Gasteiger partial charge in [0.1, 0.15) is 5.78 Å². The van der Waals surface area contributed by atoms with Crippen LogP contribution in [0.1, 0.15) is 34.6 Å². The zero-order valence-electron chi connectivity index (χ0n) is 8.14. The second-order valence-corrected chi connectivity index (χ2v) is 3.50. The summed E-state index contributed by atoms with van der Waals surface area (Å²) in [5.41, 5.74) is 1.28. The quantitative estimate of drug-likeness (QED) is 0.571. The highest BCUT2D eigenvalue weighted by Gasteiger charge is 2.13. The molecule has 11 heavy (non-hydrogen) atoms. The SMILES string of the molecule is CC(=O)C(C)C(C)C=C(C)C. The van der Waals surface area contributed by atoms with Gasteiger partial charge in [-0.15, -0.1) is 0 Å². The second-order valence-electron chi connectivity index (χ2n) is 3.50. The molecular formula is C10H18O. The molecule has 0 aliphatic carbocycles. The standard InChI is InChI=1S/C10H18O/c1-7(2)6-8(3)9(4)10(5)11/h6,8-9H,1-5H3. The average molecular weight is 154 g/mol. The van der Waals surface area contributed by atoms with E-state index in [9.17, 15) is 4.79 Å². The third-order valence-electron chi connectivity index (χ3n) is 2.03. The van der Waals surface area contributed by atoms with Crippen molar-refractivity contribution in [1.29, 1.82) is 0 Å². The molecule has 0 saturated heterocycles. The summed E-state index contributed by atoms with van der Waals surface area (Å²) >= 11 is 0. The maximum absolute atomic E-state index is 10.9. The molecule has 0 saturated carbocycles. The Kier molecular flexibility index (Phi) is 4.09. The van der Waals surface area contributed by atoms with Gasteiger partial charge in [0.25, 0.3) is 0 Å². The molecule has 0 radical (unpaired) electrons. The number of ketones is 1. The summed E-state index contributed by atoms with van der Waals surface area (Å²) in [6.07, 6.45) is 2.14. The van der Waals surface area contributed by atoms with Gasteiger partial charge in [0.15, 0.2) is 0 Å². The summed E-state index contributed by atoms with van der Waals surface area (Å²) in [6.45, 7) is 9.83. The number of rotatable bonds is 3. The highest BCUT2D eigenvalue weighted by Crippen LogP contribution is 2.14. The van der Waals surface area contributed by atoms with Crippen LogP contribution in [-0.4, -0.2) is 5.78 Å². The molecule has 0 aromatic rings.